The first-order chi connectivity index (χ1) is 19.5. The van der Waals surface area contributed by atoms with Gasteiger partial charge in [-0.05, 0) is 54.7 Å². The normalized spacial score (nSPS) is 14.5. The molecule has 7 heteroatoms. The fraction of sp³-hybridized carbons (Fsp3) is 0.212. The zero-order valence-corrected chi connectivity index (χ0v) is 22.3. The number of rotatable bonds is 8. The Morgan fingerprint density at radius 2 is 1.27 bits per heavy atom. The van der Waals surface area contributed by atoms with Crippen LogP contribution in [-0.4, -0.2) is 38.8 Å². The van der Waals surface area contributed by atoms with Gasteiger partial charge in [0.05, 0.1) is 0 Å². The van der Waals surface area contributed by atoms with E-state index in [4.69, 9.17) is 0 Å². The van der Waals surface area contributed by atoms with Crippen molar-refractivity contribution in [3.63, 3.8) is 0 Å². The molecule has 0 saturated heterocycles. The number of H-pyrrole nitrogens is 3. The number of hydrogen-bond donors (Lipinski definition) is 5. The number of amides is 2. The van der Waals surface area contributed by atoms with Crippen LogP contribution in [0.25, 0.3) is 32.7 Å². The van der Waals surface area contributed by atoms with E-state index < -0.39 is 11.5 Å². The molecule has 0 aliphatic heterocycles. The molecule has 0 bridgehead atoms. The zero-order chi connectivity index (χ0) is 27.3. The molecule has 7 rings (SSSR count). The van der Waals surface area contributed by atoms with E-state index in [0.717, 1.165) is 62.2 Å². The van der Waals surface area contributed by atoms with Crippen molar-refractivity contribution in [1.82, 2.24) is 25.6 Å². The minimum absolute atomic E-state index is 0.152. The average Bonchev–Trinajstić information content (AvgIpc) is 3.36. The Bertz CT molecular complexity index is 1800. The van der Waals surface area contributed by atoms with Crippen molar-refractivity contribution < 1.29 is 9.59 Å². The summed E-state index contributed by atoms with van der Waals surface area (Å²) in [5, 5.41) is 9.33. The molecule has 7 nitrogen and oxygen atoms in total. The summed E-state index contributed by atoms with van der Waals surface area (Å²) in [7, 11) is 0. The summed E-state index contributed by atoms with van der Waals surface area (Å²) in [5.41, 5.74) is 4.55. The molecule has 5 N–H and O–H groups in total. The molecule has 1 aliphatic rings. The van der Waals surface area contributed by atoms with Gasteiger partial charge < -0.3 is 25.6 Å². The molecule has 1 aliphatic carbocycles. The molecule has 1 atom stereocenters. The minimum atomic E-state index is -1.09. The van der Waals surface area contributed by atoms with Gasteiger partial charge in [-0.15, -0.1) is 0 Å². The van der Waals surface area contributed by atoms with E-state index >= 15 is 0 Å². The van der Waals surface area contributed by atoms with Crippen molar-refractivity contribution in [2.75, 3.05) is 0 Å². The van der Waals surface area contributed by atoms with Crippen LogP contribution in [0, 0.1) is 0 Å². The Balaban J connectivity index is 1.32. The number of hydrogen-bond acceptors (Lipinski definition) is 2. The second kappa shape index (κ2) is 9.45. The van der Waals surface area contributed by atoms with Crippen LogP contribution in [0.15, 0.2) is 91.4 Å². The molecule has 3 aromatic carbocycles. The van der Waals surface area contributed by atoms with Crippen molar-refractivity contribution in [1.29, 1.82) is 0 Å². The SMILES string of the molecule is CC(C(=O)N[C@@H](Cc1c[nH]c2ccccc12)C(=O)NC1CC1)(c1c[nH]c2ccccc12)c1c[nH]c2ccccc12. The summed E-state index contributed by atoms with van der Waals surface area (Å²) in [6.07, 6.45) is 8.11. The Hall–Kier alpha value is -4.78. The van der Waals surface area contributed by atoms with Gasteiger partial charge in [0, 0.05) is 63.8 Å². The third kappa shape index (κ3) is 4.06. The highest BCUT2D eigenvalue weighted by Crippen LogP contribution is 2.40. The van der Waals surface area contributed by atoms with Crippen LogP contribution in [0.5, 0.6) is 0 Å². The number of aromatic amines is 3. The van der Waals surface area contributed by atoms with Crippen LogP contribution in [-0.2, 0) is 21.4 Å². The predicted molar refractivity (Wildman–Crippen MR) is 158 cm³/mol. The Labute approximate surface area is 231 Å². The largest absolute Gasteiger partial charge is 0.361 e. The van der Waals surface area contributed by atoms with E-state index in [-0.39, 0.29) is 17.9 Å². The molecular formula is C33H31N5O2. The number of carbonyl (C=O) groups excluding carboxylic acids is 2. The molecule has 2 amide bonds. The summed E-state index contributed by atoms with van der Waals surface area (Å²) in [5.74, 6) is -0.376. The van der Waals surface area contributed by atoms with E-state index in [2.05, 4.69) is 25.6 Å². The second-order valence-electron chi connectivity index (χ2n) is 11.0. The zero-order valence-electron chi connectivity index (χ0n) is 22.3. The lowest BCUT2D eigenvalue weighted by atomic mass is 9.75. The van der Waals surface area contributed by atoms with Gasteiger partial charge in [0.25, 0.3) is 0 Å². The Kier molecular flexibility index (Phi) is 5.73. The van der Waals surface area contributed by atoms with Crippen molar-refractivity contribution in [2.24, 2.45) is 0 Å². The van der Waals surface area contributed by atoms with Gasteiger partial charge in [0.15, 0.2) is 0 Å². The van der Waals surface area contributed by atoms with E-state index in [1.54, 1.807) is 0 Å². The lowest BCUT2D eigenvalue weighted by Gasteiger charge is -2.31. The van der Waals surface area contributed by atoms with Crippen molar-refractivity contribution in [2.45, 2.75) is 43.7 Å². The van der Waals surface area contributed by atoms with E-state index in [1.165, 1.54) is 0 Å². The molecular weight excluding hydrogens is 498 g/mol. The molecule has 40 heavy (non-hydrogen) atoms. The number of fused-ring (bicyclic) bond motifs is 3. The number of nitrogens with one attached hydrogen (secondary N) is 5. The third-order valence-corrected chi connectivity index (χ3v) is 8.35. The van der Waals surface area contributed by atoms with Gasteiger partial charge in [-0.2, -0.15) is 0 Å². The van der Waals surface area contributed by atoms with Crippen LogP contribution in [0.3, 0.4) is 0 Å². The van der Waals surface area contributed by atoms with Gasteiger partial charge >= 0.3 is 0 Å². The molecule has 0 spiro atoms. The number of aromatic nitrogens is 3. The summed E-state index contributed by atoms with van der Waals surface area (Å²) in [4.78, 5) is 38.2. The molecule has 1 saturated carbocycles. The van der Waals surface area contributed by atoms with Crippen molar-refractivity contribution in [3.05, 3.63) is 108 Å². The van der Waals surface area contributed by atoms with Gasteiger partial charge in [-0.1, -0.05) is 54.6 Å². The quantitative estimate of drug-likeness (QED) is 0.181. The number of carbonyl (C=O) groups is 2. The standard InChI is InChI=1S/C33H31N5O2/c1-33(25-18-35-28-12-6-3-9-23(25)28,26-19-36-29-13-7-4-10-24(26)29)32(40)38-30(31(39)37-21-14-15-21)16-20-17-34-27-11-5-2-8-22(20)27/h2-13,17-19,21,30,34-36H,14-16H2,1H3,(H,37,39)(H,38,40)/t30-/m0/s1. The summed E-state index contributed by atoms with van der Waals surface area (Å²) in [6.45, 7) is 1.95. The molecule has 0 radical (unpaired) electrons. The lowest BCUT2D eigenvalue weighted by molar-refractivity contribution is -0.131. The Morgan fingerprint density at radius 3 is 1.85 bits per heavy atom. The highest BCUT2D eigenvalue weighted by atomic mass is 16.2. The highest BCUT2D eigenvalue weighted by Gasteiger charge is 2.42. The first-order valence-electron chi connectivity index (χ1n) is 13.8. The first kappa shape index (κ1) is 24.3. The van der Waals surface area contributed by atoms with Crippen molar-refractivity contribution >= 4 is 44.5 Å². The Morgan fingerprint density at radius 1 is 0.775 bits per heavy atom. The van der Waals surface area contributed by atoms with E-state index in [9.17, 15) is 9.59 Å². The maximum absolute atomic E-state index is 14.6. The van der Waals surface area contributed by atoms with Gasteiger partial charge in [0.1, 0.15) is 11.5 Å². The first-order valence-corrected chi connectivity index (χ1v) is 13.8. The highest BCUT2D eigenvalue weighted by molar-refractivity contribution is 6.03. The molecule has 3 aromatic heterocycles. The predicted octanol–water partition coefficient (Wildman–Crippen LogP) is 5.44. The smallest absolute Gasteiger partial charge is 0.243 e. The van der Waals surface area contributed by atoms with Gasteiger partial charge in [-0.3, -0.25) is 9.59 Å². The fourth-order valence-electron chi connectivity index (χ4n) is 5.92. The van der Waals surface area contributed by atoms with Crippen LogP contribution in [0.2, 0.25) is 0 Å². The molecule has 1 fully saturated rings. The summed E-state index contributed by atoms with van der Waals surface area (Å²) < 4.78 is 0. The third-order valence-electron chi connectivity index (χ3n) is 8.35. The maximum Gasteiger partial charge on any atom is 0.243 e. The molecule has 3 heterocycles. The minimum Gasteiger partial charge on any atom is -0.361 e. The van der Waals surface area contributed by atoms with Crippen LogP contribution >= 0.6 is 0 Å². The van der Waals surface area contributed by atoms with Crippen LogP contribution in [0.1, 0.15) is 36.5 Å². The fourth-order valence-corrected chi connectivity index (χ4v) is 5.92. The van der Waals surface area contributed by atoms with Crippen LogP contribution in [0.4, 0.5) is 0 Å². The number of benzene rings is 3. The summed E-state index contributed by atoms with van der Waals surface area (Å²) >= 11 is 0. The van der Waals surface area contributed by atoms with E-state index in [0.29, 0.717) is 6.42 Å². The molecule has 200 valence electrons. The lowest BCUT2D eigenvalue weighted by Crippen LogP contribution is -2.53. The van der Waals surface area contributed by atoms with E-state index in [1.807, 2.05) is 98.3 Å². The summed E-state index contributed by atoms with van der Waals surface area (Å²) in [6, 6.07) is 23.5. The number of para-hydroxylation sites is 3. The van der Waals surface area contributed by atoms with Gasteiger partial charge in [-0.25, -0.2) is 0 Å². The maximum atomic E-state index is 14.6. The topological polar surface area (TPSA) is 106 Å². The van der Waals surface area contributed by atoms with Gasteiger partial charge in [0.2, 0.25) is 11.8 Å². The van der Waals surface area contributed by atoms with Crippen LogP contribution < -0.4 is 10.6 Å². The second-order valence-corrected chi connectivity index (χ2v) is 11.0. The molecule has 6 aromatic rings. The monoisotopic (exact) mass is 529 g/mol. The average molecular weight is 530 g/mol. The molecule has 0 unspecified atom stereocenters. The van der Waals surface area contributed by atoms with Crippen molar-refractivity contribution in [3.8, 4) is 0 Å².